The predicted molar refractivity (Wildman–Crippen MR) is 127 cm³/mol. The van der Waals surface area contributed by atoms with Gasteiger partial charge in [0, 0.05) is 23.1 Å². The average Bonchev–Trinajstić information content (AvgIpc) is 3.36. The molecule has 0 spiro atoms. The topological polar surface area (TPSA) is 133 Å². The fourth-order valence-electron chi connectivity index (χ4n) is 3.80. The molecule has 4 rings (SSSR count). The SMILES string of the molecule is COc1c(F)ccc(CNC(=O)c2nc(-c3ccc(OC)c4nc(C(F)(F)F)ccc34)oc2[C@@H](N)CO)c1F. The van der Waals surface area contributed by atoms with Crippen LogP contribution in [-0.4, -0.2) is 41.8 Å². The molecule has 0 aliphatic heterocycles. The first-order valence-electron chi connectivity index (χ1n) is 11.2. The van der Waals surface area contributed by atoms with Crippen LogP contribution >= 0.6 is 0 Å². The van der Waals surface area contributed by atoms with Crippen LogP contribution in [0.15, 0.2) is 40.8 Å². The van der Waals surface area contributed by atoms with Crippen molar-refractivity contribution in [3.05, 3.63) is 70.7 Å². The molecule has 0 radical (unpaired) electrons. The summed E-state index contributed by atoms with van der Waals surface area (Å²) >= 11 is 0. The third-order valence-electron chi connectivity index (χ3n) is 5.74. The summed E-state index contributed by atoms with van der Waals surface area (Å²) in [6, 6.07) is 5.61. The molecule has 2 heterocycles. The Labute approximate surface area is 217 Å². The number of pyridine rings is 1. The number of nitrogens with zero attached hydrogens (tertiary/aromatic N) is 2. The molecule has 39 heavy (non-hydrogen) atoms. The molecule has 1 amide bonds. The van der Waals surface area contributed by atoms with Gasteiger partial charge in [-0.15, -0.1) is 0 Å². The van der Waals surface area contributed by atoms with Gasteiger partial charge in [0.25, 0.3) is 5.91 Å². The molecule has 0 aliphatic rings. The molecular weight excluding hydrogens is 531 g/mol. The summed E-state index contributed by atoms with van der Waals surface area (Å²) in [4.78, 5) is 20.8. The minimum Gasteiger partial charge on any atom is -0.494 e. The highest BCUT2D eigenvalue weighted by atomic mass is 19.4. The Bertz CT molecular complexity index is 1540. The van der Waals surface area contributed by atoms with Crippen LogP contribution in [-0.2, 0) is 12.7 Å². The van der Waals surface area contributed by atoms with Crippen molar-refractivity contribution in [3.8, 4) is 23.0 Å². The van der Waals surface area contributed by atoms with E-state index in [1.807, 2.05) is 0 Å². The third-order valence-corrected chi connectivity index (χ3v) is 5.74. The molecule has 0 unspecified atom stereocenters. The number of amides is 1. The van der Waals surface area contributed by atoms with Crippen molar-refractivity contribution in [2.45, 2.75) is 18.8 Å². The van der Waals surface area contributed by atoms with Gasteiger partial charge >= 0.3 is 6.18 Å². The Hall–Kier alpha value is -4.30. The van der Waals surface area contributed by atoms with E-state index in [4.69, 9.17) is 19.6 Å². The first kappa shape index (κ1) is 27.7. The van der Waals surface area contributed by atoms with Crippen LogP contribution in [0.5, 0.6) is 11.5 Å². The number of oxazole rings is 1. The third kappa shape index (κ3) is 5.33. The Morgan fingerprint density at radius 1 is 1.10 bits per heavy atom. The monoisotopic (exact) mass is 552 g/mol. The van der Waals surface area contributed by atoms with Crippen molar-refractivity contribution in [1.82, 2.24) is 15.3 Å². The lowest BCUT2D eigenvalue weighted by Gasteiger charge is -2.11. The van der Waals surface area contributed by atoms with E-state index in [9.17, 15) is 31.9 Å². The largest absolute Gasteiger partial charge is 0.494 e. The lowest BCUT2D eigenvalue weighted by atomic mass is 10.1. The summed E-state index contributed by atoms with van der Waals surface area (Å²) in [6.45, 7) is -1.04. The van der Waals surface area contributed by atoms with E-state index >= 15 is 0 Å². The minimum absolute atomic E-state index is 0.0495. The maximum absolute atomic E-state index is 14.5. The van der Waals surface area contributed by atoms with Gasteiger partial charge in [0.1, 0.15) is 17.0 Å². The zero-order valence-corrected chi connectivity index (χ0v) is 20.4. The summed E-state index contributed by atoms with van der Waals surface area (Å²) in [5, 5.41) is 12.2. The summed E-state index contributed by atoms with van der Waals surface area (Å²) in [5.41, 5.74) is 4.32. The van der Waals surface area contributed by atoms with Gasteiger partial charge in [0.15, 0.2) is 28.8 Å². The number of aromatic nitrogens is 2. The predicted octanol–water partition coefficient (Wildman–Crippen LogP) is 4.13. The van der Waals surface area contributed by atoms with Crippen molar-refractivity contribution in [2.75, 3.05) is 20.8 Å². The average molecular weight is 552 g/mol. The Morgan fingerprint density at radius 2 is 1.85 bits per heavy atom. The molecule has 2 aromatic heterocycles. The zero-order chi connectivity index (χ0) is 28.5. The number of aliphatic hydroxyl groups is 1. The van der Waals surface area contributed by atoms with E-state index in [0.29, 0.717) is 0 Å². The van der Waals surface area contributed by atoms with E-state index in [1.165, 1.54) is 19.2 Å². The van der Waals surface area contributed by atoms with Crippen LogP contribution in [0.1, 0.15) is 33.5 Å². The highest BCUT2D eigenvalue weighted by Crippen LogP contribution is 2.37. The number of alkyl halides is 3. The summed E-state index contributed by atoms with van der Waals surface area (Å²) < 4.78 is 83.5. The molecule has 0 aliphatic carbocycles. The lowest BCUT2D eigenvalue weighted by Crippen LogP contribution is -2.27. The number of nitrogens with one attached hydrogen (secondary N) is 1. The molecule has 0 bridgehead atoms. The fraction of sp³-hybridized carbons (Fsp3) is 0.240. The van der Waals surface area contributed by atoms with E-state index in [0.717, 1.165) is 31.4 Å². The molecule has 9 nitrogen and oxygen atoms in total. The number of methoxy groups -OCH3 is 2. The number of aliphatic hydroxyl groups excluding tert-OH is 1. The van der Waals surface area contributed by atoms with Crippen LogP contribution in [0.3, 0.4) is 0 Å². The number of hydrogen-bond acceptors (Lipinski definition) is 8. The standard InChI is InChI=1S/C25H21F5N4O5/c1-37-16-7-4-13(12-5-8-17(25(28,29)30)33-19(12)16)24-34-20(22(39-24)15(31)10-35)23(36)32-9-11-3-6-14(26)21(38-2)18(11)27/h3-8,15,35H,9-10,31H2,1-2H3,(H,32,36)/t15-/m0/s1. The molecule has 0 fully saturated rings. The second-order valence-corrected chi connectivity index (χ2v) is 8.16. The molecule has 2 aromatic carbocycles. The molecule has 4 aromatic rings. The molecule has 0 saturated heterocycles. The second kappa shape index (κ2) is 10.8. The van der Waals surface area contributed by atoms with Gasteiger partial charge in [0.2, 0.25) is 5.89 Å². The Kier molecular flexibility index (Phi) is 7.70. The molecule has 4 N–H and O–H groups in total. The van der Waals surface area contributed by atoms with Gasteiger partial charge < -0.3 is 30.0 Å². The first-order valence-corrected chi connectivity index (χ1v) is 11.2. The van der Waals surface area contributed by atoms with Gasteiger partial charge in [-0.05, 0) is 30.3 Å². The number of halogens is 5. The normalized spacial score (nSPS) is 12.4. The van der Waals surface area contributed by atoms with E-state index in [2.05, 4.69) is 15.3 Å². The van der Waals surface area contributed by atoms with Gasteiger partial charge in [-0.2, -0.15) is 13.2 Å². The lowest BCUT2D eigenvalue weighted by molar-refractivity contribution is -0.140. The smallest absolute Gasteiger partial charge is 0.433 e. The molecular formula is C25H21F5N4O5. The minimum atomic E-state index is -4.71. The van der Waals surface area contributed by atoms with Crippen LogP contribution < -0.4 is 20.5 Å². The van der Waals surface area contributed by atoms with Gasteiger partial charge in [-0.3, -0.25) is 4.79 Å². The fourth-order valence-corrected chi connectivity index (χ4v) is 3.80. The van der Waals surface area contributed by atoms with Crippen molar-refractivity contribution < 1.29 is 45.7 Å². The highest BCUT2D eigenvalue weighted by molar-refractivity contribution is 5.98. The first-order chi connectivity index (χ1) is 18.5. The van der Waals surface area contributed by atoms with Crippen molar-refractivity contribution in [2.24, 2.45) is 5.73 Å². The van der Waals surface area contributed by atoms with E-state index < -0.39 is 54.4 Å². The van der Waals surface area contributed by atoms with Gasteiger partial charge in [-0.1, -0.05) is 6.07 Å². The maximum atomic E-state index is 14.5. The van der Waals surface area contributed by atoms with Gasteiger partial charge in [-0.25, -0.2) is 18.7 Å². The van der Waals surface area contributed by atoms with E-state index in [-0.39, 0.29) is 45.1 Å². The maximum Gasteiger partial charge on any atom is 0.433 e. The molecule has 14 heteroatoms. The van der Waals surface area contributed by atoms with Crippen LogP contribution in [0.25, 0.3) is 22.4 Å². The molecule has 0 saturated carbocycles. The number of carbonyl (C=O) groups excluding carboxylic acids is 1. The van der Waals surface area contributed by atoms with Crippen molar-refractivity contribution in [1.29, 1.82) is 0 Å². The number of ether oxygens (including phenoxy) is 2. The number of nitrogens with two attached hydrogens (primary N) is 1. The van der Waals surface area contributed by atoms with Crippen LogP contribution in [0.2, 0.25) is 0 Å². The quantitative estimate of drug-likeness (QED) is 0.278. The van der Waals surface area contributed by atoms with Crippen molar-refractivity contribution >= 4 is 16.8 Å². The Morgan fingerprint density at radius 3 is 2.49 bits per heavy atom. The highest BCUT2D eigenvalue weighted by Gasteiger charge is 2.33. The molecule has 1 atom stereocenters. The van der Waals surface area contributed by atoms with Gasteiger partial charge in [0.05, 0.1) is 26.9 Å². The van der Waals surface area contributed by atoms with E-state index in [1.54, 1.807) is 0 Å². The number of fused-ring (bicyclic) bond motifs is 1. The number of benzene rings is 2. The second-order valence-electron chi connectivity index (χ2n) is 8.16. The molecule has 206 valence electrons. The number of hydrogen-bond donors (Lipinski definition) is 3. The summed E-state index contributed by atoms with van der Waals surface area (Å²) in [6.07, 6.45) is -4.71. The zero-order valence-electron chi connectivity index (χ0n) is 20.4. The number of rotatable bonds is 8. The van der Waals surface area contributed by atoms with Crippen LogP contribution in [0.4, 0.5) is 22.0 Å². The number of carbonyl (C=O) groups is 1. The van der Waals surface area contributed by atoms with Crippen molar-refractivity contribution in [3.63, 3.8) is 0 Å². The summed E-state index contributed by atoms with van der Waals surface area (Å²) in [7, 11) is 2.35. The van der Waals surface area contributed by atoms with Crippen LogP contribution in [0, 0.1) is 11.6 Å². The summed E-state index contributed by atoms with van der Waals surface area (Å²) in [5.74, 6) is -3.82. The Balaban J connectivity index is 1.74.